The molecule has 5 nitrogen and oxygen atoms in total. The first kappa shape index (κ1) is 22.6. The Bertz CT molecular complexity index is 1210. The SMILES string of the molecule is O=C(O)c1ccc2c(c1)CC(=CCCN1CCC(c3ccc(Cl)cc3)CC1)c1cccnc1O2. The van der Waals surface area contributed by atoms with Crippen molar-refractivity contribution in [3.63, 3.8) is 0 Å². The molecule has 34 heavy (non-hydrogen) atoms. The van der Waals surface area contributed by atoms with E-state index in [-0.39, 0.29) is 5.56 Å². The van der Waals surface area contributed by atoms with E-state index in [9.17, 15) is 9.90 Å². The lowest BCUT2D eigenvalue weighted by Gasteiger charge is -2.32. The van der Waals surface area contributed by atoms with Gasteiger partial charge in [-0.05, 0) is 91.9 Å². The van der Waals surface area contributed by atoms with Gasteiger partial charge in [0, 0.05) is 35.3 Å². The van der Waals surface area contributed by atoms with Crippen molar-refractivity contribution in [3.8, 4) is 11.6 Å². The fourth-order valence-corrected chi connectivity index (χ4v) is 5.03. The normalized spacial score (nSPS) is 17.5. The highest BCUT2D eigenvalue weighted by molar-refractivity contribution is 6.30. The Hall–Kier alpha value is -3.15. The zero-order valence-electron chi connectivity index (χ0n) is 18.9. The molecule has 1 aromatic heterocycles. The maximum absolute atomic E-state index is 11.5. The van der Waals surface area contributed by atoms with Crippen molar-refractivity contribution in [1.82, 2.24) is 9.88 Å². The Kier molecular flexibility index (Phi) is 6.66. The third-order valence-corrected chi connectivity index (χ3v) is 7.03. The monoisotopic (exact) mass is 474 g/mol. The predicted molar refractivity (Wildman–Crippen MR) is 134 cm³/mol. The lowest BCUT2D eigenvalue weighted by atomic mass is 9.89. The quantitative estimate of drug-likeness (QED) is 0.461. The van der Waals surface area contributed by atoms with E-state index in [1.807, 2.05) is 24.3 Å². The van der Waals surface area contributed by atoms with E-state index >= 15 is 0 Å². The van der Waals surface area contributed by atoms with Crippen LogP contribution in [0.4, 0.5) is 0 Å². The van der Waals surface area contributed by atoms with Gasteiger partial charge < -0.3 is 14.7 Å². The summed E-state index contributed by atoms with van der Waals surface area (Å²) in [6, 6.07) is 17.2. The zero-order chi connectivity index (χ0) is 23.5. The molecule has 2 aliphatic rings. The summed E-state index contributed by atoms with van der Waals surface area (Å²) in [5, 5.41) is 10.2. The van der Waals surface area contributed by atoms with E-state index in [1.165, 1.54) is 5.56 Å². The summed E-state index contributed by atoms with van der Waals surface area (Å²) in [6.45, 7) is 3.17. The van der Waals surface area contributed by atoms with Gasteiger partial charge in [-0.3, -0.25) is 0 Å². The fraction of sp³-hybridized carbons (Fsp3) is 0.286. The number of fused-ring (bicyclic) bond motifs is 2. The number of benzene rings is 2. The Morgan fingerprint density at radius 2 is 1.94 bits per heavy atom. The van der Waals surface area contributed by atoms with Gasteiger partial charge in [-0.25, -0.2) is 9.78 Å². The van der Waals surface area contributed by atoms with Gasteiger partial charge >= 0.3 is 5.97 Å². The summed E-state index contributed by atoms with van der Waals surface area (Å²) in [4.78, 5) is 18.4. The summed E-state index contributed by atoms with van der Waals surface area (Å²) in [6.07, 6.45) is 7.83. The van der Waals surface area contributed by atoms with Crippen LogP contribution < -0.4 is 4.74 Å². The van der Waals surface area contributed by atoms with Crippen LogP contribution in [0.25, 0.3) is 5.57 Å². The van der Waals surface area contributed by atoms with Crippen LogP contribution in [0, 0.1) is 0 Å². The molecule has 0 atom stereocenters. The Labute approximate surface area is 204 Å². The number of hydrogen-bond acceptors (Lipinski definition) is 4. The van der Waals surface area contributed by atoms with Gasteiger partial charge in [-0.1, -0.05) is 29.8 Å². The molecule has 3 aromatic rings. The minimum Gasteiger partial charge on any atom is -0.478 e. The molecule has 2 aliphatic heterocycles. The van der Waals surface area contributed by atoms with Gasteiger partial charge in [0.25, 0.3) is 0 Å². The van der Waals surface area contributed by atoms with Crippen molar-refractivity contribution in [1.29, 1.82) is 0 Å². The molecule has 3 heterocycles. The molecule has 2 aromatic carbocycles. The number of halogens is 1. The number of likely N-dealkylation sites (tertiary alicyclic amines) is 1. The van der Waals surface area contributed by atoms with E-state index in [0.717, 1.165) is 60.6 Å². The lowest BCUT2D eigenvalue weighted by Crippen LogP contribution is -2.33. The molecule has 1 saturated heterocycles. The average Bonchev–Trinajstić information content (AvgIpc) is 3.01. The second kappa shape index (κ2) is 10.00. The van der Waals surface area contributed by atoms with Crippen LogP contribution in [-0.4, -0.2) is 40.6 Å². The first-order valence-corrected chi connectivity index (χ1v) is 12.1. The number of aromatic nitrogens is 1. The molecular formula is C28H27ClN2O3. The zero-order valence-corrected chi connectivity index (χ0v) is 19.7. The molecule has 0 aliphatic carbocycles. The van der Waals surface area contributed by atoms with Crippen molar-refractivity contribution >= 4 is 23.1 Å². The van der Waals surface area contributed by atoms with Crippen molar-refractivity contribution in [2.24, 2.45) is 0 Å². The molecule has 6 heteroatoms. The summed E-state index contributed by atoms with van der Waals surface area (Å²) in [7, 11) is 0. The number of carboxylic acid groups (broad SMARTS) is 1. The minimum absolute atomic E-state index is 0.268. The molecule has 0 spiro atoms. The number of carbonyl (C=O) groups is 1. The smallest absolute Gasteiger partial charge is 0.335 e. The number of pyridine rings is 1. The molecule has 0 amide bonds. The van der Waals surface area contributed by atoms with Crippen LogP contribution >= 0.6 is 11.6 Å². The van der Waals surface area contributed by atoms with E-state index in [2.05, 4.69) is 28.1 Å². The second-order valence-corrected chi connectivity index (χ2v) is 9.38. The molecular weight excluding hydrogens is 448 g/mol. The van der Waals surface area contributed by atoms with E-state index < -0.39 is 5.97 Å². The van der Waals surface area contributed by atoms with Crippen molar-refractivity contribution in [2.45, 2.75) is 31.6 Å². The molecule has 0 saturated carbocycles. The molecule has 0 radical (unpaired) electrons. The average molecular weight is 475 g/mol. The molecule has 1 fully saturated rings. The van der Waals surface area contributed by atoms with E-state index in [1.54, 1.807) is 24.4 Å². The standard InChI is InChI=1S/C28H27ClN2O3/c29-24-8-5-19(6-9-24)20-11-15-31(16-12-20)14-2-3-21-17-23-18-22(28(32)33)7-10-26(23)34-27-25(21)4-1-13-30-27/h1,3-10,13,18,20H,2,11-12,14-17H2,(H,32,33). The van der Waals surface area contributed by atoms with Gasteiger partial charge in [0.15, 0.2) is 0 Å². The van der Waals surface area contributed by atoms with Crippen LogP contribution in [0.3, 0.4) is 0 Å². The number of rotatable bonds is 5. The maximum atomic E-state index is 11.5. The van der Waals surface area contributed by atoms with Gasteiger partial charge in [0.05, 0.1) is 5.56 Å². The Balaban J connectivity index is 1.27. The van der Waals surface area contributed by atoms with Crippen molar-refractivity contribution < 1.29 is 14.6 Å². The first-order valence-electron chi connectivity index (χ1n) is 11.7. The molecule has 174 valence electrons. The largest absolute Gasteiger partial charge is 0.478 e. The van der Waals surface area contributed by atoms with Gasteiger partial charge in [-0.2, -0.15) is 0 Å². The van der Waals surface area contributed by atoms with E-state index in [0.29, 0.717) is 24.0 Å². The number of carboxylic acids is 1. The second-order valence-electron chi connectivity index (χ2n) is 8.95. The maximum Gasteiger partial charge on any atom is 0.335 e. The molecule has 5 rings (SSSR count). The van der Waals surface area contributed by atoms with E-state index in [4.69, 9.17) is 16.3 Å². The van der Waals surface area contributed by atoms with Gasteiger partial charge in [0.1, 0.15) is 5.75 Å². The summed E-state index contributed by atoms with van der Waals surface area (Å²) >= 11 is 6.03. The van der Waals surface area contributed by atoms with Crippen LogP contribution in [0.15, 0.2) is 66.9 Å². The Morgan fingerprint density at radius 1 is 1.15 bits per heavy atom. The summed E-state index contributed by atoms with van der Waals surface area (Å²) < 4.78 is 6.06. The van der Waals surface area contributed by atoms with Crippen molar-refractivity contribution in [2.75, 3.05) is 19.6 Å². The fourth-order valence-electron chi connectivity index (χ4n) is 4.90. The first-order chi connectivity index (χ1) is 16.6. The van der Waals surface area contributed by atoms with Crippen LogP contribution in [-0.2, 0) is 6.42 Å². The van der Waals surface area contributed by atoms with Crippen LogP contribution in [0.1, 0.15) is 52.2 Å². The number of ether oxygens (including phenoxy) is 1. The highest BCUT2D eigenvalue weighted by Gasteiger charge is 2.22. The number of aromatic carboxylic acids is 1. The third-order valence-electron chi connectivity index (χ3n) is 6.78. The Morgan fingerprint density at radius 3 is 2.71 bits per heavy atom. The number of allylic oxidation sites excluding steroid dienone is 1. The van der Waals surface area contributed by atoms with Crippen LogP contribution in [0.5, 0.6) is 11.6 Å². The molecule has 0 bridgehead atoms. The summed E-state index contributed by atoms with van der Waals surface area (Å²) in [5.41, 5.74) is 4.61. The third kappa shape index (κ3) is 5.01. The number of hydrogen-bond donors (Lipinski definition) is 1. The van der Waals surface area contributed by atoms with Gasteiger partial charge in [0.2, 0.25) is 5.88 Å². The van der Waals surface area contributed by atoms with Crippen LogP contribution in [0.2, 0.25) is 5.02 Å². The molecule has 0 unspecified atom stereocenters. The highest BCUT2D eigenvalue weighted by Crippen LogP contribution is 2.38. The minimum atomic E-state index is -0.935. The summed E-state index contributed by atoms with van der Waals surface area (Å²) in [5.74, 6) is 0.899. The molecule has 1 N–H and O–H groups in total. The van der Waals surface area contributed by atoms with Gasteiger partial charge in [-0.15, -0.1) is 0 Å². The number of nitrogens with zero attached hydrogens (tertiary/aromatic N) is 2. The predicted octanol–water partition coefficient (Wildman–Crippen LogP) is 6.43. The highest BCUT2D eigenvalue weighted by atomic mass is 35.5. The topological polar surface area (TPSA) is 62.7 Å². The lowest BCUT2D eigenvalue weighted by molar-refractivity contribution is 0.0696. The van der Waals surface area contributed by atoms with Crippen molar-refractivity contribution in [3.05, 3.63) is 94.1 Å². The number of piperidine rings is 1.